The van der Waals surface area contributed by atoms with Crippen LogP contribution in [-0.4, -0.2) is 14.3 Å². The summed E-state index contributed by atoms with van der Waals surface area (Å²) in [6, 6.07) is 8.79. The van der Waals surface area contributed by atoms with Gasteiger partial charge < -0.3 is 5.32 Å². The topological polar surface area (TPSA) is 75.3 Å². The van der Waals surface area contributed by atoms with Gasteiger partial charge in [0.25, 0.3) is 0 Å². The number of thiophene rings is 1. The molecule has 0 fully saturated rings. The Morgan fingerprint density at radius 3 is 2.73 bits per heavy atom. The molecule has 3 rings (SSSR count). The molecule has 0 bridgehead atoms. The summed E-state index contributed by atoms with van der Waals surface area (Å²) in [7, 11) is -3.48. The average Bonchev–Trinajstić information content (AvgIpc) is 3.07. The van der Waals surface area contributed by atoms with Gasteiger partial charge in [0, 0.05) is 12.2 Å². The van der Waals surface area contributed by atoms with E-state index >= 15 is 0 Å². The van der Waals surface area contributed by atoms with E-state index in [0.29, 0.717) is 4.21 Å². The van der Waals surface area contributed by atoms with Crippen LogP contribution in [0.2, 0.25) is 0 Å². The second-order valence-electron chi connectivity index (χ2n) is 5.72. The van der Waals surface area contributed by atoms with E-state index in [1.165, 1.54) is 11.3 Å². The first-order chi connectivity index (χ1) is 10.3. The van der Waals surface area contributed by atoms with Gasteiger partial charge in [0.1, 0.15) is 4.21 Å². The van der Waals surface area contributed by atoms with Crippen molar-refractivity contribution in [2.24, 2.45) is 0 Å². The van der Waals surface area contributed by atoms with E-state index in [-0.39, 0.29) is 12.5 Å². The summed E-state index contributed by atoms with van der Waals surface area (Å²) in [4.78, 5) is 11.9. The molecule has 0 spiro atoms. The summed E-state index contributed by atoms with van der Waals surface area (Å²) < 4.78 is 27.1. The zero-order chi connectivity index (χ0) is 16.0. The molecule has 116 valence electrons. The van der Waals surface area contributed by atoms with Crippen molar-refractivity contribution < 1.29 is 13.2 Å². The highest BCUT2D eigenvalue weighted by Crippen LogP contribution is 2.37. The zero-order valence-electron chi connectivity index (χ0n) is 12.2. The standard InChI is InChI=1S/C15H16N2O3S2/c1-15(2)11-8-10(5-6-12(11)17-14(15)18)9-16-22(19,20)13-4-3-7-21-13/h3-8,16H,9H2,1-2H3,(H,17,18). The number of hydrogen-bond acceptors (Lipinski definition) is 4. The number of fused-ring (bicyclic) bond motifs is 1. The lowest BCUT2D eigenvalue weighted by molar-refractivity contribution is -0.119. The molecule has 0 unspecified atom stereocenters. The highest BCUT2D eigenvalue weighted by Gasteiger charge is 2.38. The second-order valence-corrected chi connectivity index (χ2v) is 8.66. The third-order valence-electron chi connectivity index (χ3n) is 3.80. The van der Waals surface area contributed by atoms with Crippen LogP contribution in [0, 0.1) is 0 Å². The smallest absolute Gasteiger partial charge is 0.250 e. The van der Waals surface area contributed by atoms with Gasteiger partial charge in [-0.05, 0) is 42.5 Å². The van der Waals surface area contributed by atoms with Gasteiger partial charge in [0.15, 0.2) is 0 Å². The molecule has 7 heteroatoms. The van der Waals surface area contributed by atoms with Crippen LogP contribution in [0.4, 0.5) is 5.69 Å². The monoisotopic (exact) mass is 336 g/mol. The van der Waals surface area contributed by atoms with Crippen LogP contribution in [0.5, 0.6) is 0 Å². The van der Waals surface area contributed by atoms with Crippen molar-refractivity contribution in [1.82, 2.24) is 4.72 Å². The molecule has 0 saturated heterocycles. The SMILES string of the molecule is CC1(C)C(=O)Nc2ccc(CNS(=O)(=O)c3cccs3)cc21. The van der Waals surface area contributed by atoms with Crippen molar-refractivity contribution >= 4 is 33.0 Å². The van der Waals surface area contributed by atoms with Gasteiger partial charge in [-0.25, -0.2) is 13.1 Å². The molecule has 0 aliphatic carbocycles. The van der Waals surface area contributed by atoms with Gasteiger partial charge in [0.2, 0.25) is 15.9 Å². The van der Waals surface area contributed by atoms with Gasteiger partial charge in [0.05, 0.1) is 5.41 Å². The molecule has 1 aliphatic heterocycles. The van der Waals surface area contributed by atoms with E-state index in [4.69, 9.17) is 0 Å². The van der Waals surface area contributed by atoms with Crippen molar-refractivity contribution in [3.05, 3.63) is 46.8 Å². The van der Waals surface area contributed by atoms with Crippen LogP contribution in [0.1, 0.15) is 25.0 Å². The van der Waals surface area contributed by atoms with Crippen molar-refractivity contribution in [3.8, 4) is 0 Å². The minimum absolute atomic E-state index is 0.0428. The molecule has 2 N–H and O–H groups in total. The predicted octanol–water partition coefficient (Wildman–Crippen LogP) is 2.46. The summed E-state index contributed by atoms with van der Waals surface area (Å²) in [6.45, 7) is 3.90. The molecular formula is C15H16N2O3S2. The Balaban J connectivity index is 1.81. The fourth-order valence-corrected chi connectivity index (χ4v) is 4.45. The highest BCUT2D eigenvalue weighted by atomic mass is 32.2. The molecule has 5 nitrogen and oxygen atoms in total. The minimum Gasteiger partial charge on any atom is -0.325 e. The normalized spacial score (nSPS) is 16.4. The van der Waals surface area contributed by atoms with E-state index in [1.807, 2.05) is 32.0 Å². The maximum Gasteiger partial charge on any atom is 0.250 e. The molecule has 2 heterocycles. The minimum atomic E-state index is -3.48. The first-order valence-corrected chi connectivity index (χ1v) is 9.15. The van der Waals surface area contributed by atoms with Crippen molar-refractivity contribution in [1.29, 1.82) is 0 Å². The van der Waals surface area contributed by atoms with Gasteiger partial charge in [-0.15, -0.1) is 11.3 Å². The van der Waals surface area contributed by atoms with Gasteiger partial charge in [-0.3, -0.25) is 4.79 Å². The number of amides is 1. The number of benzene rings is 1. The largest absolute Gasteiger partial charge is 0.325 e. The average molecular weight is 336 g/mol. The third-order valence-corrected chi connectivity index (χ3v) is 6.60. The van der Waals surface area contributed by atoms with Crippen LogP contribution in [-0.2, 0) is 26.8 Å². The van der Waals surface area contributed by atoms with Gasteiger partial charge >= 0.3 is 0 Å². The Bertz CT molecular complexity index is 824. The number of sulfonamides is 1. The second kappa shape index (κ2) is 5.19. The number of carbonyl (C=O) groups is 1. The Morgan fingerprint density at radius 2 is 2.05 bits per heavy atom. The van der Waals surface area contributed by atoms with E-state index in [0.717, 1.165) is 16.8 Å². The van der Waals surface area contributed by atoms with E-state index in [2.05, 4.69) is 10.0 Å². The summed E-state index contributed by atoms with van der Waals surface area (Å²) in [6.07, 6.45) is 0. The molecule has 1 amide bonds. The summed E-state index contributed by atoms with van der Waals surface area (Å²) >= 11 is 1.18. The van der Waals surface area contributed by atoms with Crippen LogP contribution >= 0.6 is 11.3 Å². The third kappa shape index (κ3) is 2.55. The zero-order valence-corrected chi connectivity index (χ0v) is 13.8. The van der Waals surface area contributed by atoms with Crippen LogP contribution in [0.15, 0.2) is 39.9 Å². The Morgan fingerprint density at radius 1 is 1.27 bits per heavy atom. The molecule has 22 heavy (non-hydrogen) atoms. The Kier molecular flexibility index (Phi) is 3.58. The molecule has 0 saturated carbocycles. The Labute approximate surface area is 133 Å². The summed E-state index contributed by atoms with van der Waals surface area (Å²) in [5.41, 5.74) is 1.91. The quantitative estimate of drug-likeness (QED) is 0.900. The van der Waals surface area contributed by atoms with Gasteiger partial charge in [-0.1, -0.05) is 18.2 Å². The Hall–Kier alpha value is -1.70. The molecule has 0 radical (unpaired) electrons. The number of hydrogen-bond donors (Lipinski definition) is 2. The molecule has 1 aromatic heterocycles. The predicted molar refractivity (Wildman–Crippen MR) is 86.4 cm³/mol. The number of carbonyl (C=O) groups excluding carboxylic acids is 1. The maximum atomic E-state index is 12.1. The number of nitrogens with one attached hydrogen (secondary N) is 2. The summed E-state index contributed by atoms with van der Waals surface area (Å²) in [5, 5.41) is 4.56. The van der Waals surface area contributed by atoms with Crippen LogP contribution < -0.4 is 10.0 Å². The van der Waals surface area contributed by atoms with Gasteiger partial charge in [-0.2, -0.15) is 0 Å². The molecule has 1 aliphatic rings. The fourth-order valence-electron chi connectivity index (χ4n) is 2.39. The van der Waals surface area contributed by atoms with Crippen LogP contribution in [0.25, 0.3) is 0 Å². The van der Waals surface area contributed by atoms with E-state index in [1.54, 1.807) is 17.5 Å². The van der Waals surface area contributed by atoms with Crippen molar-refractivity contribution in [2.45, 2.75) is 30.0 Å². The summed E-state index contributed by atoms with van der Waals surface area (Å²) in [5.74, 6) is -0.0428. The molecule has 2 aromatic rings. The molecular weight excluding hydrogens is 320 g/mol. The van der Waals surface area contributed by atoms with Crippen molar-refractivity contribution in [3.63, 3.8) is 0 Å². The highest BCUT2D eigenvalue weighted by molar-refractivity contribution is 7.91. The lowest BCUT2D eigenvalue weighted by Crippen LogP contribution is -2.27. The fraction of sp³-hybridized carbons (Fsp3) is 0.267. The first-order valence-electron chi connectivity index (χ1n) is 6.79. The lowest BCUT2D eigenvalue weighted by atomic mass is 9.85. The first kappa shape index (κ1) is 15.2. The van der Waals surface area contributed by atoms with Crippen LogP contribution in [0.3, 0.4) is 0 Å². The van der Waals surface area contributed by atoms with E-state index in [9.17, 15) is 13.2 Å². The molecule has 0 atom stereocenters. The maximum absolute atomic E-state index is 12.1. The van der Waals surface area contributed by atoms with Crippen molar-refractivity contribution in [2.75, 3.05) is 5.32 Å². The number of rotatable bonds is 4. The number of anilines is 1. The lowest BCUT2D eigenvalue weighted by Gasteiger charge is -2.16. The van der Waals surface area contributed by atoms with E-state index < -0.39 is 15.4 Å². The molecule has 1 aromatic carbocycles.